The maximum atomic E-state index is 12.2. The highest BCUT2D eigenvalue weighted by Gasteiger charge is 2.21. The van der Waals surface area contributed by atoms with Crippen molar-refractivity contribution in [3.63, 3.8) is 0 Å². The molecule has 0 aliphatic rings. The molecule has 0 fully saturated rings. The fraction of sp³-hybridized carbons (Fsp3) is 0.318. The first kappa shape index (κ1) is 23.2. The smallest absolute Gasteiger partial charge is 0.312 e. The lowest BCUT2D eigenvalue weighted by Crippen LogP contribution is -2.37. The molecule has 2 aromatic rings. The second-order valence-electron chi connectivity index (χ2n) is 6.94. The summed E-state index contributed by atoms with van der Waals surface area (Å²) in [5, 5.41) is 5.66. The molecule has 0 saturated carbocycles. The van der Waals surface area contributed by atoms with Crippen LogP contribution in [0.15, 0.2) is 54.6 Å². The summed E-state index contributed by atoms with van der Waals surface area (Å²) in [4.78, 5) is 35.5. The number of rotatable bonds is 10. The molecule has 2 unspecified atom stereocenters. The lowest BCUT2D eigenvalue weighted by molar-refractivity contribution is -0.149. The largest absolute Gasteiger partial charge is 0.456 e. The Bertz CT molecular complexity index is 860. The second-order valence-corrected chi connectivity index (χ2v) is 7.35. The lowest BCUT2D eigenvalue weighted by Gasteiger charge is -2.19. The fourth-order valence-corrected chi connectivity index (χ4v) is 3.22. The average Bonchev–Trinajstić information content (AvgIpc) is 2.71. The van der Waals surface area contributed by atoms with Gasteiger partial charge < -0.3 is 21.1 Å². The fourth-order valence-electron chi connectivity index (χ4n) is 2.96. The molecule has 8 heteroatoms. The first-order valence-electron chi connectivity index (χ1n) is 9.64. The number of benzene rings is 2. The van der Waals surface area contributed by atoms with Gasteiger partial charge in [0, 0.05) is 11.1 Å². The van der Waals surface area contributed by atoms with Crippen LogP contribution in [-0.4, -0.2) is 30.6 Å². The first-order chi connectivity index (χ1) is 14.3. The van der Waals surface area contributed by atoms with E-state index in [9.17, 15) is 14.4 Å². The third-order valence-corrected chi connectivity index (χ3v) is 4.79. The van der Waals surface area contributed by atoms with Crippen molar-refractivity contribution in [2.75, 3.05) is 6.61 Å². The number of hydrogen-bond donors (Lipinski definition) is 3. The van der Waals surface area contributed by atoms with Crippen molar-refractivity contribution in [3.8, 4) is 0 Å². The van der Waals surface area contributed by atoms with Crippen LogP contribution in [0.4, 0.5) is 4.79 Å². The molecular weight excluding hydrogens is 406 g/mol. The SMILES string of the molecule is CC(CCc1ccccc1)NC(=O)COC(=O)CC(NC(N)=O)c1ccccc1Cl. The molecule has 2 atom stereocenters. The van der Waals surface area contributed by atoms with Gasteiger partial charge >= 0.3 is 12.0 Å². The molecule has 30 heavy (non-hydrogen) atoms. The van der Waals surface area contributed by atoms with E-state index in [-0.39, 0.29) is 18.4 Å². The van der Waals surface area contributed by atoms with Gasteiger partial charge in [-0.2, -0.15) is 0 Å². The number of urea groups is 1. The highest BCUT2D eigenvalue weighted by atomic mass is 35.5. The van der Waals surface area contributed by atoms with E-state index in [4.69, 9.17) is 22.1 Å². The molecule has 0 aliphatic heterocycles. The van der Waals surface area contributed by atoms with E-state index in [0.29, 0.717) is 10.6 Å². The first-order valence-corrected chi connectivity index (χ1v) is 10.0. The van der Waals surface area contributed by atoms with Crippen molar-refractivity contribution in [1.82, 2.24) is 10.6 Å². The molecule has 0 heterocycles. The second kappa shape index (κ2) is 11.8. The van der Waals surface area contributed by atoms with Crippen LogP contribution in [-0.2, 0) is 20.7 Å². The van der Waals surface area contributed by atoms with Crippen LogP contribution in [0, 0.1) is 0 Å². The molecule has 3 amide bonds. The number of esters is 1. The van der Waals surface area contributed by atoms with Gasteiger partial charge in [0.15, 0.2) is 6.61 Å². The van der Waals surface area contributed by atoms with Crippen LogP contribution in [0.5, 0.6) is 0 Å². The zero-order valence-electron chi connectivity index (χ0n) is 16.8. The maximum Gasteiger partial charge on any atom is 0.312 e. The third kappa shape index (κ3) is 8.13. The van der Waals surface area contributed by atoms with Gasteiger partial charge in [-0.25, -0.2) is 4.79 Å². The molecule has 0 spiro atoms. The number of amides is 3. The normalized spacial score (nSPS) is 12.5. The maximum absolute atomic E-state index is 12.2. The summed E-state index contributed by atoms with van der Waals surface area (Å²) in [7, 11) is 0. The van der Waals surface area contributed by atoms with Crippen LogP contribution < -0.4 is 16.4 Å². The van der Waals surface area contributed by atoms with E-state index in [1.807, 2.05) is 37.3 Å². The van der Waals surface area contributed by atoms with E-state index in [1.54, 1.807) is 24.3 Å². The van der Waals surface area contributed by atoms with Gasteiger partial charge in [-0.05, 0) is 37.0 Å². The number of halogens is 1. The predicted molar refractivity (Wildman–Crippen MR) is 115 cm³/mol. The van der Waals surface area contributed by atoms with Crippen molar-refractivity contribution in [2.24, 2.45) is 5.73 Å². The summed E-state index contributed by atoms with van der Waals surface area (Å²) in [6, 6.07) is 15.1. The highest BCUT2D eigenvalue weighted by Crippen LogP contribution is 2.25. The predicted octanol–water partition coefficient (Wildman–Crippen LogP) is 3.12. The van der Waals surface area contributed by atoms with Crippen molar-refractivity contribution >= 4 is 29.5 Å². The topological polar surface area (TPSA) is 111 Å². The number of carbonyl (C=O) groups excluding carboxylic acids is 3. The number of nitrogens with two attached hydrogens (primary N) is 1. The van der Waals surface area contributed by atoms with E-state index < -0.39 is 24.6 Å². The van der Waals surface area contributed by atoms with Crippen LogP contribution in [0.25, 0.3) is 0 Å². The zero-order valence-corrected chi connectivity index (χ0v) is 17.5. The quantitative estimate of drug-likeness (QED) is 0.502. The van der Waals surface area contributed by atoms with Gasteiger partial charge in [-0.1, -0.05) is 60.1 Å². The Hall–Kier alpha value is -3.06. The zero-order chi connectivity index (χ0) is 21.9. The summed E-state index contributed by atoms with van der Waals surface area (Å²) in [6.45, 7) is 1.49. The summed E-state index contributed by atoms with van der Waals surface area (Å²) in [5.41, 5.74) is 6.92. The number of hydrogen-bond acceptors (Lipinski definition) is 4. The van der Waals surface area contributed by atoms with Crippen LogP contribution in [0.1, 0.15) is 36.9 Å². The molecule has 160 valence electrons. The van der Waals surface area contributed by atoms with Crippen molar-refractivity contribution in [1.29, 1.82) is 0 Å². The minimum atomic E-state index is -0.794. The Morgan fingerprint density at radius 3 is 2.37 bits per heavy atom. The van der Waals surface area contributed by atoms with Gasteiger partial charge in [0.1, 0.15) is 0 Å². The number of aryl methyl sites for hydroxylation is 1. The molecule has 0 aliphatic carbocycles. The minimum absolute atomic E-state index is 0.0659. The highest BCUT2D eigenvalue weighted by molar-refractivity contribution is 6.31. The van der Waals surface area contributed by atoms with Gasteiger partial charge in [0.05, 0.1) is 12.5 Å². The summed E-state index contributed by atoms with van der Waals surface area (Å²) < 4.78 is 5.05. The molecule has 2 rings (SSSR count). The summed E-state index contributed by atoms with van der Waals surface area (Å²) in [6.07, 6.45) is 1.39. The Kier molecular flexibility index (Phi) is 9.15. The van der Waals surface area contributed by atoms with Crippen molar-refractivity contribution in [3.05, 3.63) is 70.7 Å². The minimum Gasteiger partial charge on any atom is -0.456 e. The van der Waals surface area contributed by atoms with Crippen LogP contribution >= 0.6 is 11.6 Å². The average molecular weight is 432 g/mol. The molecule has 0 radical (unpaired) electrons. The van der Waals surface area contributed by atoms with E-state index in [1.165, 1.54) is 5.56 Å². The van der Waals surface area contributed by atoms with Crippen LogP contribution in [0.2, 0.25) is 5.02 Å². The Balaban J connectivity index is 1.79. The van der Waals surface area contributed by atoms with Crippen LogP contribution in [0.3, 0.4) is 0 Å². The molecule has 0 saturated heterocycles. The molecule has 2 aromatic carbocycles. The standard InChI is InChI=1S/C22H26ClN3O4/c1-15(11-12-16-7-3-2-4-8-16)25-20(27)14-30-21(28)13-19(26-22(24)29)17-9-5-6-10-18(17)23/h2-10,15,19H,11-14H2,1H3,(H,25,27)(H3,24,26,29). The van der Waals surface area contributed by atoms with E-state index >= 15 is 0 Å². The Morgan fingerprint density at radius 1 is 1.03 bits per heavy atom. The number of ether oxygens (including phenoxy) is 1. The number of nitrogens with one attached hydrogen (secondary N) is 2. The van der Waals surface area contributed by atoms with Gasteiger partial charge in [-0.3, -0.25) is 9.59 Å². The Morgan fingerprint density at radius 2 is 1.70 bits per heavy atom. The Labute approximate surface area is 180 Å². The number of carbonyl (C=O) groups is 3. The van der Waals surface area contributed by atoms with Gasteiger partial charge in [0.2, 0.25) is 0 Å². The molecular formula is C22H26ClN3O4. The summed E-state index contributed by atoms with van der Waals surface area (Å²) in [5.74, 6) is -1.04. The molecule has 4 N–H and O–H groups in total. The van der Waals surface area contributed by atoms with E-state index in [2.05, 4.69) is 10.6 Å². The molecule has 7 nitrogen and oxygen atoms in total. The third-order valence-electron chi connectivity index (χ3n) is 4.45. The number of primary amides is 1. The lowest BCUT2D eigenvalue weighted by atomic mass is 10.0. The molecule has 0 aromatic heterocycles. The molecule has 0 bridgehead atoms. The van der Waals surface area contributed by atoms with E-state index in [0.717, 1.165) is 12.8 Å². The van der Waals surface area contributed by atoms with Gasteiger partial charge in [-0.15, -0.1) is 0 Å². The van der Waals surface area contributed by atoms with Crippen molar-refractivity contribution < 1.29 is 19.1 Å². The van der Waals surface area contributed by atoms with Gasteiger partial charge in [0.25, 0.3) is 5.91 Å². The summed E-state index contributed by atoms with van der Waals surface area (Å²) >= 11 is 6.14. The monoisotopic (exact) mass is 431 g/mol. The van der Waals surface area contributed by atoms with Crippen molar-refractivity contribution in [2.45, 2.75) is 38.3 Å².